The number of hydrogen-bond acceptors (Lipinski definition) is 3. The molecule has 2 atom stereocenters. The van der Waals surface area contributed by atoms with Crippen molar-refractivity contribution in [2.75, 3.05) is 6.54 Å². The Morgan fingerprint density at radius 2 is 0.808 bits per heavy atom. The zero-order valence-electron chi connectivity index (χ0n) is 18.2. The largest absolute Gasteiger partial charge is 0.378 e. The van der Waals surface area contributed by atoms with Crippen LogP contribution in [0.4, 0.5) is 0 Å². The van der Waals surface area contributed by atoms with Gasteiger partial charge in [-0.3, -0.25) is 4.90 Å². The second-order valence-electron chi connectivity index (χ2n) is 7.97. The number of nitrogens with zero attached hydrogens (tertiary/aromatic N) is 1. The van der Waals surface area contributed by atoms with Crippen molar-refractivity contribution in [2.45, 2.75) is 142 Å². The summed E-state index contributed by atoms with van der Waals surface area (Å²) in [6.45, 7) is 7.02. The summed E-state index contributed by atoms with van der Waals surface area (Å²) in [7, 11) is 0. The molecular weight excluding hydrogens is 322 g/mol. The first kappa shape index (κ1) is 25.9. The Hall–Kier alpha value is -0.120. The molecule has 2 N–H and O–H groups in total. The Bertz CT molecular complexity index is 263. The molecule has 0 rings (SSSR count). The first-order valence-corrected chi connectivity index (χ1v) is 11.8. The van der Waals surface area contributed by atoms with Crippen LogP contribution in [0, 0.1) is 0 Å². The lowest BCUT2D eigenvalue weighted by atomic mass is 10.0. The number of aliphatic hydroxyl groups is 2. The van der Waals surface area contributed by atoms with E-state index in [2.05, 4.69) is 6.92 Å². The highest BCUT2D eigenvalue weighted by Gasteiger charge is 2.19. The Labute approximate surface area is 164 Å². The maximum absolute atomic E-state index is 10.0. The van der Waals surface area contributed by atoms with Gasteiger partial charge in [-0.25, -0.2) is 0 Å². The van der Waals surface area contributed by atoms with Crippen molar-refractivity contribution in [3.63, 3.8) is 0 Å². The molecule has 2 unspecified atom stereocenters. The quantitative estimate of drug-likeness (QED) is 0.187. The average Bonchev–Trinajstić information content (AvgIpc) is 2.66. The van der Waals surface area contributed by atoms with Crippen molar-refractivity contribution in [2.24, 2.45) is 0 Å². The van der Waals surface area contributed by atoms with Crippen molar-refractivity contribution in [3.8, 4) is 0 Å². The summed E-state index contributed by atoms with van der Waals surface area (Å²) < 4.78 is 0. The topological polar surface area (TPSA) is 43.7 Å². The minimum absolute atomic E-state index is 0.503. The molecule has 3 nitrogen and oxygen atoms in total. The number of unbranched alkanes of at least 4 members (excludes halogenated alkanes) is 14. The molecule has 0 heterocycles. The Morgan fingerprint density at radius 1 is 0.500 bits per heavy atom. The first-order chi connectivity index (χ1) is 12.7. The third kappa shape index (κ3) is 15.0. The first-order valence-electron chi connectivity index (χ1n) is 11.8. The molecule has 0 aliphatic rings. The van der Waals surface area contributed by atoms with Crippen LogP contribution in [-0.4, -0.2) is 34.1 Å². The van der Waals surface area contributed by atoms with Gasteiger partial charge in [0.25, 0.3) is 0 Å². The van der Waals surface area contributed by atoms with Crippen LogP contribution in [-0.2, 0) is 0 Å². The van der Waals surface area contributed by atoms with Crippen LogP contribution in [0.25, 0.3) is 0 Å². The summed E-state index contributed by atoms with van der Waals surface area (Å²) in [5, 5.41) is 20.0. The van der Waals surface area contributed by atoms with E-state index in [0.717, 1.165) is 13.0 Å². The monoisotopic (exact) mass is 371 g/mol. The lowest BCUT2D eigenvalue weighted by Crippen LogP contribution is -2.43. The van der Waals surface area contributed by atoms with Gasteiger partial charge < -0.3 is 10.2 Å². The fraction of sp³-hybridized carbons (Fsp3) is 1.00. The maximum atomic E-state index is 10.0. The van der Waals surface area contributed by atoms with Crippen molar-refractivity contribution in [1.29, 1.82) is 0 Å². The average molecular weight is 372 g/mol. The zero-order chi connectivity index (χ0) is 19.5. The molecule has 0 saturated heterocycles. The van der Waals surface area contributed by atoms with E-state index in [0.29, 0.717) is 12.8 Å². The molecule has 0 amide bonds. The van der Waals surface area contributed by atoms with Gasteiger partial charge in [0.2, 0.25) is 0 Å². The van der Waals surface area contributed by atoms with Crippen molar-refractivity contribution < 1.29 is 10.2 Å². The van der Waals surface area contributed by atoms with Gasteiger partial charge in [0.15, 0.2) is 0 Å². The molecule has 0 aromatic rings. The molecule has 0 fully saturated rings. The van der Waals surface area contributed by atoms with E-state index in [1.54, 1.807) is 0 Å². The van der Waals surface area contributed by atoms with Crippen LogP contribution in [0.2, 0.25) is 0 Å². The summed E-state index contributed by atoms with van der Waals surface area (Å²) in [5.41, 5.74) is 0. The van der Waals surface area contributed by atoms with Gasteiger partial charge in [-0.15, -0.1) is 0 Å². The van der Waals surface area contributed by atoms with E-state index in [9.17, 15) is 10.2 Å². The van der Waals surface area contributed by atoms with Gasteiger partial charge in [0.05, 0.1) is 0 Å². The summed E-state index contributed by atoms with van der Waals surface area (Å²) in [6, 6.07) is 0. The van der Waals surface area contributed by atoms with E-state index in [1.165, 1.54) is 89.9 Å². The van der Waals surface area contributed by atoms with Gasteiger partial charge >= 0.3 is 0 Å². The van der Waals surface area contributed by atoms with Gasteiger partial charge in [0, 0.05) is 6.54 Å². The molecule has 0 aromatic carbocycles. The third-order valence-corrected chi connectivity index (χ3v) is 5.52. The van der Waals surface area contributed by atoms with Gasteiger partial charge in [-0.05, 0) is 19.3 Å². The van der Waals surface area contributed by atoms with Crippen molar-refractivity contribution in [1.82, 2.24) is 4.90 Å². The van der Waals surface area contributed by atoms with Crippen molar-refractivity contribution in [3.05, 3.63) is 0 Å². The second-order valence-corrected chi connectivity index (χ2v) is 7.97. The summed E-state index contributed by atoms with van der Waals surface area (Å²) in [4.78, 5) is 1.85. The molecule has 0 bridgehead atoms. The van der Waals surface area contributed by atoms with Gasteiger partial charge in [0.1, 0.15) is 12.5 Å². The van der Waals surface area contributed by atoms with Crippen LogP contribution in [0.3, 0.4) is 0 Å². The molecule has 0 aromatic heterocycles. The molecule has 0 aliphatic heterocycles. The molecular formula is C23H49NO2. The second kappa shape index (κ2) is 19.6. The number of rotatable bonds is 20. The molecule has 0 aliphatic carbocycles. The smallest absolute Gasteiger partial charge is 0.109 e. The number of aliphatic hydroxyl groups excluding tert-OH is 2. The van der Waals surface area contributed by atoms with E-state index in [1.807, 2.05) is 18.7 Å². The molecule has 0 radical (unpaired) electrons. The Kier molecular flexibility index (Phi) is 19.5. The zero-order valence-corrected chi connectivity index (χ0v) is 18.2. The molecule has 0 spiro atoms. The van der Waals surface area contributed by atoms with Crippen LogP contribution in [0.15, 0.2) is 0 Å². The summed E-state index contributed by atoms with van der Waals surface area (Å²) in [5.74, 6) is 0. The van der Waals surface area contributed by atoms with E-state index < -0.39 is 12.5 Å². The van der Waals surface area contributed by atoms with Crippen LogP contribution in [0.1, 0.15) is 130 Å². The maximum Gasteiger partial charge on any atom is 0.109 e. The molecule has 0 saturated carbocycles. The van der Waals surface area contributed by atoms with Crippen molar-refractivity contribution >= 4 is 0 Å². The summed E-state index contributed by atoms with van der Waals surface area (Å²) >= 11 is 0. The standard InChI is InChI=1S/C23H49NO2/c1-4-7-8-9-10-11-12-13-14-15-16-17-18-19-20-21-24(22(25)5-2)23(26)6-3/h22-23,25-26H,4-21H2,1-3H3. The van der Waals surface area contributed by atoms with Crippen LogP contribution >= 0.6 is 0 Å². The highest BCUT2D eigenvalue weighted by Crippen LogP contribution is 2.14. The molecule has 26 heavy (non-hydrogen) atoms. The normalized spacial score (nSPS) is 14.1. The van der Waals surface area contributed by atoms with Crippen LogP contribution in [0.5, 0.6) is 0 Å². The highest BCUT2D eigenvalue weighted by molar-refractivity contribution is 4.64. The predicted octanol–water partition coefficient (Wildman–Crippen LogP) is 6.62. The minimum Gasteiger partial charge on any atom is -0.378 e. The number of hydrogen-bond donors (Lipinski definition) is 2. The fourth-order valence-electron chi connectivity index (χ4n) is 3.63. The van der Waals surface area contributed by atoms with Gasteiger partial charge in [-0.2, -0.15) is 0 Å². The molecule has 3 heteroatoms. The lowest BCUT2D eigenvalue weighted by Gasteiger charge is -2.31. The van der Waals surface area contributed by atoms with E-state index >= 15 is 0 Å². The third-order valence-electron chi connectivity index (χ3n) is 5.52. The van der Waals surface area contributed by atoms with E-state index in [-0.39, 0.29) is 0 Å². The highest BCUT2D eigenvalue weighted by atomic mass is 16.3. The lowest BCUT2D eigenvalue weighted by molar-refractivity contribution is -0.104. The Balaban J connectivity index is 3.37. The van der Waals surface area contributed by atoms with E-state index in [4.69, 9.17) is 0 Å². The fourth-order valence-corrected chi connectivity index (χ4v) is 3.63. The minimum atomic E-state index is -0.503. The van der Waals surface area contributed by atoms with Gasteiger partial charge in [-0.1, -0.05) is 111 Å². The molecule has 158 valence electrons. The summed E-state index contributed by atoms with van der Waals surface area (Å²) in [6.07, 6.45) is 20.8. The predicted molar refractivity (Wildman–Crippen MR) is 114 cm³/mol. The SMILES string of the molecule is CCCCCCCCCCCCCCCCCN(C(O)CC)C(O)CC. The van der Waals surface area contributed by atoms with Crippen LogP contribution < -0.4 is 0 Å². The Morgan fingerprint density at radius 3 is 1.12 bits per heavy atom.